The Bertz CT molecular complexity index is 311. The van der Waals surface area contributed by atoms with Crippen molar-refractivity contribution >= 4 is 0 Å². The first-order chi connectivity index (χ1) is 9.34. The highest BCUT2D eigenvalue weighted by Gasteiger charge is 2.42. The molecule has 1 saturated heterocycles. The van der Waals surface area contributed by atoms with E-state index in [1.165, 1.54) is 19.3 Å². The van der Waals surface area contributed by atoms with Crippen molar-refractivity contribution in [2.75, 3.05) is 20.2 Å². The Hall–Kier alpha value is -0.120. The molecular formula is C17H34N2O. The van der Waals surface area contributed by atoms with Crippen molar-refractivity contribution in [3.63, 3.8) is 0 Å². The molecule has 1 aliphatic heterocycles. The van der Waals surface area contributed by atoms with Crippen LogP contribution in [0, 0.1) is 11.3 Å². The Balaban J connectivity index is 2.14. The molecular weight excluding hydrogens is 248 g/mol. The molecule has 0 spiro atoms. The van der Waals surface area contributed by atoms with Crippen LogP contribution in [0.2, 0.25) is 0 Å². The van der Waals surface area contributed by atoms with E-state index in [4.69, 9.17) is 4.74 Å². The zero-order valence-electron chi connectivity index (χ0n) is 14.3. The molecule has 1 saturated carbocycles. The lowest BCUT2D eigenvalue weighted by Crippen LogP contribution is -2.65. The molecule has 0 aromatic carbocycles. The summed E-state index contributed by atoms with van der Waals surface area (Å²) in [7, 11) is 1.89. The lowest BCUT2D eigenvalue weighted by Gasteiger charge is -2.49. The Morgan fingerprint density at radius 1 is 1.20 bits per heavy atom. The van der Waals surface area contributed by atoms with Gasteiger partial charge in [0.15, 0.2) is 0 Å². The van der Waals surface area contributed by atoms with E-state index in [-0.39, 0.29) is 0 Å². The molecule has 1 aliphatic carbocycles. The van der Waals surface area contributed by atoms with Crippen LogP contribution in [0.25, 0.3) is 0 Å². The number of piperazine rings is 1. The maximum absolute atomic E-state index is 5.76. The van der Waals surface area contributed by atoms with Gasteiger partial charge in [-0.1, -0.05) is 34.6 Å². The second-order valence-corrected chi connectivity index (χ2v) is 8.11. The number of methoxy groups -OCH3 is 1. The molecule has 0 radical (unpaired) electrons. The second-order valence-electron chi connectivity index (χ2n) is 8.11. The van der Waals surface area contributed by atoms with Crippen LogP contribution in [0.3, 0.4) is 0 Å². The Labute approximate surface area is 125 Å². The number of ether oxygens (including phenoxy) is 1. The summed E-state index contributed by atoms with van der Waals surface area (Å²) in [5, 5.41) is 3.79. The van der Waals surface area contributed by atoms with Crippen LogP contribution in [0.1, 0.15) is 53.9 Å². The standard InChI is InChI=1S/C17H34N2O/c1-12(2)14-10-18-16(17(3,4)5)11-19(14)13-8-7-9-15(13)20-6/h12-16,18H,7-11H2,1-6H3. The molecule has 1 heterocycles. The van der Waals surface area contributed by atoms with Crippen LogP contribution in [0.4, 0.5) is 0 Å². The van der Waals surface area contributed by atoms with E-state index < -0.39 is 0 Å². The molecule has 20 heavy (non-hydrogen) atoms. The SMILES string of the molecule is COC1CCCC1N1CC(C(C)(C)C)NCC1C(C)C. The highest BCUT2D eigenvalue weighted by atomic mass is 16.5. The highest BCUT2D eigenvalue weighted by Crippen LogP contribution is 2.33. The summed E-state index contributed by atoms with van der Waals surface area (Å²) in [6, 6.07) is 1.85. The van der Waals surface area contributed by atoms with Crippen LogP contribution in [0.15, 0.2) is 0 Å². The first kappa shape index (κ1) is 16.3. The summed E-state index contributed by atoms with van der Waals surface area (Å²) in [4.78, 5) is 2.78. The van der Waals surface area contributed by atoms with Crippen LogP contribution in [-0.2, 0) is 4.74 Å². The summed E-state index contributed by atoms with van der Waals surface area (Å²) in [5.41, 5.74) is 0.321. The quantitative estimate of drug-likeness (QED) is 0.861. The normalized spacial score (nSPS) is 36.8. The van der Waals surface area contributed by atoms with Crippen molar-refractivity contribution < 1.29 is 4.74 Å². The molecule has 1 N–H and O–H groups in total. The molecule has 3 heteroatoms. The van der Waals surface area contributed by atoms with Crippen molar-refractivity contribution in [2.45, 2.75) is 78.1 Å². The van der Waals surface area contributed by atoms with Crippen LogP contribution in [0.5, 0.6) is 0 Å². The van der Waals surface area contributed by atoms with E-state index in [9.17, 15) is 0 Å². The van der Waals surface area contributed by atoms with E-state index in [1.807, 2.05) is 7.11 Å². The molecule has 2 fully saturated rings. The minimum Gasteiger partial charge on any atom is -0.380 e. The van der Waals surface area contributed by atoms with Gasteiger partial charge in [0.25, 0.3) is 0 Å². The zero-order valence-corrected chi connectivity index (χ0v) is 14.3. The number of hydrogen-bond donors (Lipinski definition) is 1. The third kappa shape index (κ3) is 3.37. The smallest absolute Gasteiger partial charge is 0.0726 e. The fourth-order valence-electron chi connectivity index (χ4n) is 3.93. The minimum atomic E-state index is 0.321. The lowest BCUT2D eigenvalue weighted by atomic mass is 9.83. The molecule has 2 aliphatic rings. The summed E-state index contributed by atoms with van der Waals surface area (Å²) in [5.74, 6) is 0.696. The fraction of sp³-hybridized carbons (Fsp3) is 1.00. The third-order valence-corrected chi connectivity index (χ3v) is 5.35. The van der Waals surface area contributed by atoms with Crippen molar-refractivity contribution in [3.8, 4) is 0 Å². The Morgan fingerprint density at radius 2 is 1.90 bits per heavy atom. The van der Waals surface area contributed by atoms with E-state index in [1.54, 1.807) is 0 Å². The molecule has 4 unspecified atom stereocenters. The van der Waals surface area contributed by atoms with E-state index in [0.717, 1.165) is 13.1 Å². The first-order valence-corrected chi connectivity index (χ1v) is 8.36. The van der Waals surface area contributed by atoms with Crippen molar-refractivity contribution in [2.24, 2.45) is 11.3 Å². The largest absolute Gasteiger partial charge is 0.380 e. The van der Waals surface area contributed by atoms with Crippen molar-refractivity contribution in [1.82, 2.24) is 10.2 Å². The average Bonchev–Trinajstić information content (AvgIpc) is 2.84. The summed E-state index contributed by atoms with van der Waals surface area (Å²) < 4.78 is 5.76. The second kappa shape index (κ2) is 6.33. The predicted octanol–water partition coefficient (Wildman–Crippen LogP) is 2.90. The van der Waals surface area contributed by atoms with E-state index >= 15 is 0 Å². The molecule has 3 nitrogen and oxygen atoms in total. The summed E-state index contributed by atoms with van der Waals surface area (Å²) in [6.07, 6.45) is 4.29. The Morgan fingerprint density at radius 3 is 2.45 bits per heavy atom. The molecule has 0 aromatic rings. The first-order valence-electron chi connectivity index (χ1n) is 8.36. The van der Waals surface area contributed by atoms with Gasteiger partial charge in [0.1, 0.15) is 0 Å². The van der Waals surface area contributed by atoms with Gasteiger partial charge >= 0.3 is 0 Å². The highest BCUT2D eigenvalue weighted by molar-refractivity contribution is 4.98. The minimum absolute atomic E-state index is 0.321. The van der Waals surface area contributed by atoms with Gasteiger partial charge in [0.05, 0.1) is 6.10 Å². The monoisotopic (exact) mass is 282 g/mol. The van der Waals surface area contributed by atoms with E-state index in [2.05, 4.69) is 44.8 Å². The summed E-state index contributed by atoms with van der Waals surface area (Å²) in [6.45, 7) is 14.0. The molecule has 0 aromatic heterocycles. The maximum Gasteiger partial charge on any atom is 0.0726 e. The van der Waals surface area contributed by atoms with Gasteiger partial charge in [-0.2, -0.15) is 0 Å². The van der Waals surface area contributed by atoms with E-state index in [0.29, 0.717) is 35.6 Å². The van der Waals surface area contributed by atoms with Crippen LogP contribution in [-0.4, -0.2) is 49.3 Å². The van der Waals surface area contributed by atoms with Crippen molar-refractivity contribution in [3.05, 3.63) is 0 Å². The summed E-state index contributed by atoms with van der Waals surface area (Å²) >= 11 is 0. The number of nitrogens with zero attached hydrogens (tertiary/aromatic N) is 1. The van der Waals surface area contributed by atoms with Gasteiger partial charge < -0.3 is 10.1 Å². The average molecular weight is 282 g/mol. The lowest BCUT2D eigenvalue weighted by molar-refractivity contribution is -0.0263. The zero-order chi connectivity index (χ0) is 14.9. The topological polar surface area (TPSA) is 24.5 Å². The molecule has 118 valence electrons. The van der Waals surface area contributed by atoms with Crippen molar-refractivity contribution in [1.29, 1.82) is 0 Å². The van der Waals surface area contributed by atoms with Gasteiger partial charge in [-0.3, -0.25) is 4.90 Å². The number of hydrogen-bond acceptors (Lipinski definition) is 3. The van der Waals surface area contributed by atoms with Gasteiger partial charge in [-0.25, -0.2) is 0 Å². The number of nitrogens with one attached hydrogen (secondary N) is 1. The predicted molar refractivity (Wildman–Crippen MR) is 85.0 cm³/mol. The number of rotatable bonds is 3. The van der Waals surface area contributed by atoms with Gasteiger partial charge in [0, 0.05) is 38.3 Å². The molecule has 0 bridgehead atoms. The van der Waals surface area contributed by atoms with Crippen LogP contribution < -0.4 is 5.32 Å². The maximum atomic E-state index is 5.76. The van der Waals surface area contributed by atoms with Crippen LogP contribution >= 0.6 is 0 Å². The van der Waals surface area contributed by atoms with Gasteiger partial charge in [-0.15, -0.1) is 0 Å². The third-order valence-electron chi connectivity index (χ3n) is 5.35. The molecule has 0 amide bonds. The van der Waals surface area contributed by atoms with Gasteiger partial charge in [-0.05, 0) is 30.6 Å². The molecule has 2 rings (SSSR count). The fourth-order valence-corrected chi connectivity index (χ4v) is 3.93. The van der Waals surface area contributed by atoms with Gasteiger partial charge in [0.2, 0.25) is 0 Å². The molecule has 4 atom stereocenters. The Kier molecular flexibility index (Phi) is 5.14.